The number of carboxylic acids is 1. The highest BCUT2D eigenvalue weighted by Gasteiger charge is 2.41. The first-order chi connectivity index (χ1) is 8.49. The van der Waals surface area contributed by atoms with E-state index in [0.717, 1.165) is 18.5 Å². The highest BCUT2D eigenvalue weighted by molar-refractivity contribution is 6.02. The summed E-state index contributed by atoms with van der Waals surface area (Å²) in [5, 5.41) is 9.72. The molecule has 0 unspecified atom stereocenters. The molecule has 1 aliphatic carbocycles. The van der Waals surface area contributed by atoms with E-state index in [2.05, 4.69) is 4.98 Å². The molecule has 4 heteroatoms. The van der Waals surface area contributed by atoms with Crippen LogP contribution in [0.4, 0.5) is 4.39 Å². The molecule has 1 aliphatic rings. The molecule has 1 saturated carbocycles. The van der Waals surface area contributed by atoms with Crippen molar-refractivity contribution >= 4 is 16.9 Å². The number of fused-ring (bicyclic) bond motifs is 1. The van der Waals surface area contributed by atoms with Crippen LogP contribution >= 0.6 is 0 Å². The molecular formula is C14H12FNO2. The van der Waals surface area contributed by atoms with Crippen molar-refractivity contribution in [2.24, 2.45) is 0 Å². The third kappa shape index (κ3) is 1.65. The number of halogens is 1. The number of rotatable bonds is 2. The normalized spacial score (nSPS) is 16.8. The van der Waals surface area contributed by atoms with Crippen molar-refractivity contribution in [3.8, 4) is 0 Å². The standard InChI is InChI=1S/C14H12FNO2/c1-14(4-5-14)12-7-10(13(17)18)9-3-2-8(15)6-11(9)16-12/h2-3,6-7H,4-5H2,1H3,(H,17,18). The topological polar surface area (TPSA) is 50.2 Å². The molecule has 0 aliphatic heterocycles. The van der Waals surface area contributed by atoms with Crippen LogP contribution < -0.4 is 0 Å². The molecular weight excluding hydrogens is 233 g/mol. The Balaban J connectivity index is 2.32. The Morgan fingerprint density at radius 1 is 1.39 bits per heavy atom. The van der Waals surface area contributed by atoms with E-state index < -0.39 is 11.8 Å². The largest absolute Gasteiger partial charge is 0.478 e. The molecule has 0 amide bonds. The van der Waals surface area contributed by atoms with Gasteiger partial charge in [0.15, 0.2) is 0 Å². The Morgan fingerprint density at radius 2 is 2.11 bits per heavy atom. The molecule has 0 radical (unpaired) electrons. The van der Waals surface area contributed by atoms with Gasteiger partial charge in [0.05, 0.1) is 11.1 Å². The van der Waals surface area contributed by atoms with Gasteiger partial charge in [0.25, 0.3) is 0 Å². The number of aromatic nitrogens is 1. The Bertz CT molecular complexity index is 662. The van der Waals surface area contributed by atoms with Crippen LogP contribution in [-0.2, 0) is 5.41 Å². The van der Waals surface area contributed by atoms with E-state index in [9.17, 15) is 14.3 Å². The van der Waals surface area contributed by atoms with Crippen LogP contribution in [0, 0.1) is 5.82 Å². The van der Waals surface area contributed by atoms with Gasteiger partial charge in [-0.3, -0.25) is 4.98 Å². The lowest BCUT2D eigenvalue weighted by Gasteiger charge is -2.11. The minimum atomic E-state index is -1.00. The Hall–Kier alpha value is -1.97. The molecule has 3 nitrogen and oxygen atoms in total. The number of carbonyl (C=O) groups is 1. The third-order valence-electron chi connectivity index (χ3n) is 3.62. The minimum absolute atomic E-state index is 0.0370. The summed E-state index contributed by atoms with van der Waals surface area (Å²) in [5.74, 6) is -1.40. The quantitative estimate of drug-likeness (QED) is 0.884. The molecule has 0 spiro atoms. The predicted octanol–water partition coefficient (Wildman–Crippen LogP) is 3.12. The molecule has 3 rings (SSSR count). The Morgan fingerprint density at radius 3 is 2.72 bits per heavy atom. The summed E-state index contributed by atoms with van der Waals surface area (Å²) in [4.78, 5) is 15.7. The summed E-state index contributed by atoms with van der Waals surface area (Å²) in [7, 11) is 0. The van der Waals surface area contributed by atoms with Crippen molar-refractivity contribution in [2.75, 3.05) is 0 Å². The summed E-state index contributed by atoms with van der Waals surface area (Å²) in [6.45, 7) is 2.05. The summed E-state index contributed by atoms with van der Waals surface area (Å²) in [6.07, 6.45) is 2.00. The maximum absolute atomic E-state index is 13.2. The van der Waals surface area contributed by atoms with Crippen molar-refractivity contribution in [1.82, 2.24) is 4.98 Å². The number of hydrogen-bond acceptors (Lipinski definition) is 2. The molecule has 1 fully saturated rings. The third-order valence-corrected chi connectivity index (χ3v) is 3.62. The van der Waals surface area contributed by atoms with Gasteiger partial charge >= 0.3 is 5.97 Å². The van der Waals surface area contributed by atoms with E-state index in [0.29, 0.717) is 10.9 Å². The molecule has 92 valence electrons. The van der Waals surface area contributed by atoms with Crippen LogP contribution in [0.2, 0.25) is 0 Å². The van der Waals surface area contributed by atoms with Crippen LogP contribution in [0.1, 0.15) is 35.8 Å². The summed E-state index contributed by atoms with van der Waals surface area (Å²) in [5.41, 5.74) is 1.32. The summed E-state index contributed by atoms with van der Waals surface area (Å²) < 4.78 is 13.2. The monoisotopic (exact) mass is 245 g/mol. The first-order valence-corrected chi connectivity index (χ1v) is 5.84. The van der Waals surface area contributed by atoms with Gasteiger partial charge < -0.3 is 5.11 Å². The number of carboxylic acid groups (broad SMARTS) is 1. The van der Waals surface area contributed by atoms with Gasteiger partial charge in [-0.25, -0.2) is 9.18 Å². The molecule has 1 heterocycles. The van der Waals surface area contributed by atoms with Crippen LogP contribution in [0.15, 0.2) is 24.3 Å². The average molecular weight is 245 g/mol. The zero-order chi connectivity index (χ0) is 12.9. The molecule has 1 aromatic heterocycles. The first kappa shape index (κ1) is 11.1. The Kier molecular flexibility index (Phi) is 2.17. The Labute approximate surface area is 103 Å². The fourth-order valence-corrected chi connectivity index (χ4v) is 2.13. The number of aromatic carboxylic acids is 1. The van der Waals surface area contributed by atoms with Gasteiger partial charge in [0, 0.05) is 22.6 Å². The second-order valence-electron chi connectivity index (χ2n) is 5.08. The van der Waals surface area contributed by atoms with Crippen molar-refractivity contribution in [3.05, 3.63) is 41.3 Å². The molecule has 0 atom stereocenters. The summed E-state index contributed by atoms with van der Waals surface area (Å²) in [6, 6.07) is 5.64. The van der Waals surface area contributed by atoms with Crippen LogP contribution in [0.5, 0.6) is 0 Å². The van der Waals surface area contributed by atoms with Gasteiger partial charge in [-0.1, -0.05) is 6.92 Å². The van der Waals surface area contributed by atoms with E-state index in [1.54, 1.807) is 6.07 Å². The van der Waals surface area contributed by atoms with Crippen LogP contribution in [0.25, 0.3) is 10.9 Å². The number of hydrogen-bond donors (Lipinski definition) is 1. The maximum Gasteiger partial charge on any atom is 0.336 e. The van der Waals surface area contributed by atoms with Gasteiger partial charge in [-0.2, -0.15) is 0 Å². The lowest BCUT2D eigenvalue weighted by molar-refractivity contribution is 0.0699. The van der Waals surface area contributed by atoms with E-state index >= 15 is 0 Å². The predicted molar refractivity (Wildman–Crippen MR) is 65.2 cm³/mol. The highest BCUT2D eigenvalue weighted by Crippen LogP contribution is 2.47. The van der Waals surface area contributed by atoms with E-state index in [1.165, 1.54) is 18.2 Å². The molecule has 0 saturated heterocycles. The van der Waals surface area contributed by atoms with Crippen LogP contribution in [-0.4, -0.2) is 16.1 Å². The average Bonchev–Trinajstić information content (AvgIpc) is 3.06. The molecule has 0 bridgehead atoms. The van der Waals surface area contributed by atoms with E-state index in [4.69, 9.17) is 0 Å². The fraction of sp³-hybridized carbons (Fsp3) is 0.286. The summed E-state index contributed by atoms with van der Waals surface area (Å²) >= 11 is 0. The number of nitrogens with zero attached hydrogens (tertiary/aromatic N) is 1. The zero-order valence-corrected chi connectivity index (χ0v) is 9.90. The minimum Gasteiger partial charge on any atom is -0.478 e. The lowest BCUT2D eigenvalue weighted by atomic mass is 10.00. The second kappa shape index (κ2) is 3.51. The zero-order valence-electron chi connectivity index (χ0n) is 9.90. The van der Waals surface area contributed by atoms with Crippen molar-refractivity contribution < 1.29 is 14.3 Å². The molecule has 18 heavy (non-hydrogen) atoms. The van der Waals surface area contributed by atoms with Crippen molar-refractivity contribution in [3.63, 3.8) is 0 Å². The van der Waals surface area contributed by atoms with Gasteiger partial charge in [-0.05, 0) is 31.0 Å². The van der Waals surface area contributed by atoms with Gasteiger partial charge in [0.2, 0.25) is 0 Å². The lowest BCUT2D eigenvalue weighted by Crippen LogP contribution is -2.08. The SMILES string of the molecule is CC1(c2cc(C(=O)O)c3ccc(F)cc3n2)CC1. The van der Waals surface area contributed by atoms with Crippen molar-refractivity contribution in [1.29, 1.82) is 0 Å². The van der Waals surface area contributed by atoms with Crippen molar-refractivity contribution in [2.45, 2.75) is 25.2 Å². The highest BCUT2D eigenvalue weighted by atomic mass is 19.1. The van der Waals surface area contributed by atoms with Gasteiger partial charge in [0.1, 0.15) is 5.82 Å². The molecule has 1 aromatic carbocycles. The number of benzene rings is 1. The van der Waals surface area contributed by atoms with E-state index in [1.807, 2.05) is 6.92 Å². The smallest absolute Gasteiger partial charge is 0.336 e. The molecule has 2 aromatic rings. The van der Waals surface area contributed by atoms with E-state index in [-0.39, 0.29) is 11.0 Å². The first-order valence-electron chi connectivity index (χ1n) is 5.84. The second-order valence-corrected chi connectivity index (χ2v) is 5.08. The maximum atomic E-state index is 13.2. The van der Waals surface area contributed by atoms with Gasteiger partial charge in [-0.15, -0.1) is 0 Å². The molecule has 1 N–H and O–H groups in total. The number of pyridine rings is 1. The fourth-order valence-electron chi connectivity index (χ4n) is 2.13. The van der Waals surface area contributed by atoms with Crippen LogP contribution in [0.3, 0.4) is 0 Å².